The summed E-state index contributed by atoms with van der Waals surface area (Å²) in [7, 11) is 1.58. The molecule has 0 fully saturated rings. The maximum Gasteiger partial charge on any atom is 0.230 e. The van der Waals surface area contributed by atoms with Crippen LogP contribution >= 0.6 is 0 Å². The standard InChI is InChI=1S/C20H20N2O3/c1-13-8-7-11-17(24-3)19(13)22-18(23)12-16-14(2)25-20(21-16)15-9-5-4-6-10-15/h4-11H,12H2,1-3H3,(H,22,23). The number of aromatic nitrogens is 1. The smallest absolute Gasteiger partial charge is 0.230 e. The number of anilines is 1. The first-order chi connectivity index (χ1) is 12.1. The van der Waals surface area contributed by atoms with E-state index in [9.17, 15) is 4.79 Å². The van der Waals surface area contributed by atoms with Crippen LogP contribution in [0, 0.1) is 13.8 Å². The predicted octanol–water partition coefficient (Wildman–Crippen LogP) is 4.15. The molecular formula is C20H20N2O3. The second-order valence-electron chi connectivity index (χ2n) is 5.77. The summed E-state index contributed by atoms with van der Waals surface area (Å²) in [6.07, 6.45) is 0.139. The van der Waals surface area contributed by atoms with Gasteiger partial charge in [0.1, 0.15) is 11.5 Å². The quantitative estimate of drug-likeness (QED) is 0.760. The van der Waals surface area contributed by atoms with Gasteiger partial charge in [0.2, 0.25) is 11.8 Å². The Bertz CT molecular complexity index is 885. The summed E-state index contributed by atoms with van der Waals surface area (Å²) >= 11 is 0. The monoisotopic (exact) mass is 336 g/mol. The van der Waals surface area contributed by atoms with Gasteiger partial charge in [0.05, 0.1) is 24.9 Å². The number of carbonyl (C=O) groups is 1. The van der Waals surface area contributed by atoms with Crippen LogP contribution in [0.1, 0.15) is 17.0 Å². The van der Waals surface area contributed by atoms with Crippen molar-refractivity contribution < 1.29 is 13.9 Å². The van der Waals surface area contributed by atoms with Crippen LogP contribution in [-0.2, 0) is 11.2 Å². The normalized spacial score (nSPS) is 10.5. The van der Waals surface area contributed by atoms with Crippen molar-refractivity contribution in [3.05, 3.63) is 65.5 Å². The highest BCUT2D eigenvalue weighted by molar-refractivity contribution is 5.94. The van der Waals surface area contributed by atoms with Gasteiger partial charge in [-0.05, 0) is 37.6 Å². The van der Waals surface area contributed by atoms with Gasteiger partial charge >= 0.3 is 0 Å². The Morgan fingerprint density at radius 2 is 1.88 bits per heavy atom. The van der Waals surface area contributed by atoms with Gasteiger partial charge in [-0.25, -0.2) is 4.98 Å². The zero-order valence-electron chi connectivity index (χ0n) is 14.5. The molecule has 0 bridgehead atoms. The Hall–Kier alpha value is -3.08. The number of carbonyl (C=O) groups excluding carboxylic acids is 1. The van der Waals surface area contributed by atoms with Crippen molar-refractivity contribution in [1.82, 2.24) is 4.98 Å². The molecule has 0 spiro atoms. The van der Waals surface area contributed by atoms with E-state index < -0.39 is 0 Å². The third-order valence-electron chi connectivity index (χ3n) is 3.96. The Balaban J connectivity index is 1.77. The highest BCUT2D eigenvalue weighted by atomic mass is 16.5. The molecule has 1 aromatic heterocycles. The summed E-state index contributed by atoms with van der Waals surface area (Å²) in [4.78, 5) is 16.9. The van der Waals surface area contributed by atoms with E-state index in [1.807, 2.05) is 62.4 Å². The van der Waals surface area contributed by atoms with E-state index in [1.165, 1.54) is 0 Å². The van der Waals surface area contributed by atoms with Gasteiger partial charge in [-0.15, -0.1) is 0 Å². The second kappa shape index (κ2) is 7.21. The van der Waals surface area contributed by atoms with E-state index in [0.717, 1.165) is 11.1 Å². The fraction of sp³-hybridized carbons (Fsp3) is 0.200. The van der Waals surface area contributed by atoms with Crippen molar-refractivity contribution in [2.24, 2.45) is 0 Å². The van der Waals surface area contributed by atoms with Gasteiger partial charge in [0.25, 0.3) is 0 Å². The molecule has 1 N–H and O–H groups in total. The molecule has 1 heterocycles. The van der Waals surface area contributed by atoms with Crippen LogP contribution in [0.4, 0.5) is 5.69 Å². The number of para-hydroxylation sites is 1. The van der Waals surface area contributed by atoms with Crippen LogP contribution in [0.3, 0.4) is 0 Å². The first kappa shape index (κ1) is 16.8. The Morgan fingerprint density at radius 3 is 2.60 bits per heavy atom. The molecule has 0 aliphatic rings. The van der Waals surface area contributed by atoms with Crippen LogP contribution in [0.5, 0.6) is 5.75 Å². The maximum atomic E-state index is 12.5. The Kier molecular flexibility index (Phi) is 4.84. The van der Waals surface area contributed by atoms with E-state index in [4.69, 9.17) is 9.15 Å². The summed E-state index contributed by atoms with van der Waals surface area (Å²) in [6, 6.07) is 15.3. The van der Waals surface area contributed by atoms with Crippen LogP contribution in [0.15, 0.2) is 52.9 Å². The first-order valence-corrected chi connectivity index (χ1v) is 8.03. The number of methoxy groups -OCH3 is 1. The van der Waals surface area contributed by atoms with Gasteiger partial charge < -0.3 is 14.5 Å². The molecule has 3 aromatic rings. The van der Waals surface area contributed by atoms with E-state index in [1.54, 1.807) is 7.11 Å². The molecule has 0 unspecified atom stereocenters. The zero-order valence-corrected chi connectivity index (χ0v) is 14.5. The van der Waals surface area contributed by atoms with Crippen LogP contribution in [0.2, 0.25) is 0 Å². The number of hydrogen-bond donors (Lipinski definition) is 1. The predicted molar refractivity (Wildman–Crippen MR) is 96.7 cm³/mol. The molecule has 0 saturated heterocycles. The topological polar surface area (TPSA) is 64.4 Å². The van der Waals surface area contributed by atoms with Crippen molar-refractivity contribution in [2.45, 2.75) is 20.3 Å². The van der Waals surface area contributed by atoms with Gasteiger partial charge in [0, 0.05) is 5.56 Å². The minimum Gasteiger partial charge on any atom is -0.495 e. The molecule has 1 amide bonds. The Morgan fingerprint density at radius 1 is 1.12 bits per heavy atom. The van der Waals surface area contributed by atoms with Gasteiger partial charge in [-0.2, -0.15) is 0 Å². The number of oxazole rings is 1. The molecule has 128 valence electrons. The van der Waals surface area contributed by atoms with Crippen LogP contribution in [-0.4, -0.2) is 18.0 Å². The second-order valence-corrected chi connectivity index (χ2v) is 5.77. The summed E-state index contributed by atoms with van der Waals surface area (Å²) in [5, 5.41) is 2.91. The minimum atomic E-state index is -0.163. The average Bonchev–Trinajstić information content (AvgIpc) is 2.98. The highest BCUT2D eigenvalue weighted by Crippen LogP contribution is 2.28. The van der Waals surface area contributed by atoms with Crippen LogP contribution in [0.25, 0.3) is 11.5 Å². The maximum absolute atomic E-state index is 12.5. The third kappa shape index (κ3) is 3.71. The molecule has 0 saturated carbocycles. The van der Waals surface area contributed by atoms with Crippen molar-refractivity contribution in [3.63, 3.8) is 0 Å². The van der Waals surface area contributed by atoms with Crippen molar-refractivity contribution in [2.75, 3.05) is 12.4 Å². The molecular weight excluding hydrogens is 316 g/mol. The molecule has 2 aromatic carbocycles. The number of nitrogens with one attached hydrogen (secondary N) is 1. The zero-order chi connectivity index (χ0) is 17.8. The van der Waals surface area contributed by atoms with Gasteiger partial charge in [-0.3, -0.25) is 4.79 Å². The molecule has 0 aliphatic carbocycles. The largest absolute Gasteiger partial charge is 0.495 e. The minimum absolute atomic E-state index is 0.139. The first-order valence-electron chi connectivity index (χ1n) is 8.03. The summed E-state index contributed by atoms with van der Waals surface area (Å²) < 4.78 is 11.0. The molecule has 25 heavy (non-hydrogen) atoms. The summed E-state index contributed by atoms with van der Waals surface area (Å²) in [6.45, 7) is 3.74. The number of hydrogen-bond acceptors (Lipinski definition) is 4. The van der Waals surface area contributed by atoms with Crippen molar-refractivity contribution in [1.29, 1.82) is 0 Å². The molecule has 0 radical (unpaired) electrons. The lowest BCUT2D eigenvalue weighted by atomic mass is 10.1. The number of amides is 1. The van der Waals surface area contributed by atoms with Crippen molar-refractivity contribution >= 4 is 11.6 Å². The SMILES string of the molecule is COc1cccc(C)c1NC(=O)Cc1nc(-c2ccccc2)oc1C. The molecule has 3 rings (SSSR count). The fourth-order valence-electron chi connectivity index (χ4n) is 2.60. The van der Waals surface area contributed by atoms with E-state index in [0.29, 0.717) is 28.8 Å². The molecule has 5 nitrogen and oxygen atoms in total. The number of aryl methyl sites for hydroxylation is 2. The number of nitrogens with zero attached hydrogens (tertiary/aromatic N) is 1. The number of ether oxygens (including phenoxy) is 1. The van der Waals surface area contributed by atoms with E-state index in [2.05, 4.69) is 10.3 Å². The fourth-order valence-corrected chi connectivity index (χ4v) is 2.60. The number of rotatable bonds is 5. The van der Waals surface area contributed by atoms with Crippen molar-refractivity contribution in [3.8, 4) is 17.2 Å². The molecule has 0 aliphatic heterocycles. The lowest BCUT2D eigenvalue weighted by Gasteiger charge is -2.12. The summed E-state index contributed by atoms with van der Waals surface area (Å²) in [5.74, 6) is 1.64. The van der Waals surface area contributed by atoms with E-state index >= 15 is 0 Å². The lowest BCUT2D eigenvalue weighted by molar-refractivity contribution is -0.115. The number of benzene rings is 2. The Labute approximate surface area is 146 Å². The third-order valence-corrected chi connectivity index (χ3v) is 3.96. The van der Waals surface area contributed by atoms with Gasteiger partial charge in [-0.1, -0.05) is 30.3 Å². The van der Waals surface area contributed by atoms with Gasteiger partial charge in [0.15, 0.2) is 0 Å². The lowest BCUT2D eigenvalue weighted by Crippen LogP contribution is -2.16. The molecule has 5 heteroatoms. The highest BCUT2D eigenvalue weighted by Gasteiger charge is 2.16. The summed E-state index contributed by atoms with van der Waals surface area (Å²) in [5.41, 5.74) is 3.13. The average molecular weight is 336 g/mol. The van der Waals surface area contributed by atoms with E-state index in [-0.39, 0.29) is 12.3 Å². The van der Waals surface area contributed by atoms with Crippen LogP contribution < -0.4 is 10.1 Å². The molecule has 0 atom stereocenters.